The summed E-state index contributed by atoms with van der Waals surface area (Å²) in [5.41, 5.74) is 3.46. The molecule has 6 nitrogen and oxygen atoms in total. The summed E-state index contributed by atoms with van der Waals surface area (Å²) in [7, 11) is 0. The first-order valence-electron chi connectivity index (χ1n) is 9.55. The fourth-order valence-electron chi connectivity index (χ4n) is 3.14. The van der Waals surface area contributed by atoms with E-state index in [1.807, 2.05) is 56.3 Å². The fourth-order valence-corrected chi connectivity index (χ4v) is 3.14. The molecule has 0 heterocycles. The summed E-state index contributed by atoms with van der Waals surface area (Å²) in [6.07, 6.45) is 0. The molecule has 3 aromatic rings. The maximum absolute atomic E-state index is 12.6. The molecule has 3 rings (SSSR count). The van der Waals surface area contributed by atoms with Crippen LogP contribution in [0, 0.1) is 13.8 Å². The zero-order valence-corrected chi connectivity index (χ0v) is 17.2. The number of aryl methyl sites for hydroxylation is 2. The van der Waals surface area contributed by atoms with E-state index in [4.69, 9.17) is 4.74 Å². The molecule has 0 aliphatic heterocycles. The number of amides is 2. The van der Waals surface area contributed by atoms with Crippen LogP contribution in [0.3, 0.4) is 0 Å². The average Bonchev–Trinajstić information content (AvgIpc) is 2.70. The Kier molecular flexibility index (Phi) is 6.37. The molecule has 0 unspecified atom stereocenters. The molecule has 3 N–H and O–H groups in total. The summed E-state index contributed by atoms with van der Waals surface area (Å²) >= 11 is 0. The van der Waals surface area contributed by atoms with E-state index in [1.165, 1.54) is 19.1 Å². The van der Waals surface area contributed by atoms with Crippen molar-refractivity contribution in [3.8, 4) is 17.2 Å². The maximum atomic E-state index is 12.6. The summed E-state index contributed by atoms with van der Waals surface area (Å²) in [6.45, 7) is 5.56. The lowest BCUT2D eigenvalue weighted by Gasteiger charge is -2.15. The van der Waals surface area contributed by atoms with Crippen molar-refractivity contribution < 1.29 is 19.4 Å². The Hall–Kier alpha value is -3.80. The number of ether oxygens (including phenoxy) is 1. The SMILES string of the molecule is CC(=O)Nc1cc(C)c(Oc2ccc(O)c(C(=O)NCc3ccccc3)c2)c(C)c1. The molecule has 0 spiro atoms. The standard InChI is InChI=1S/C24H24N2O4/c1-15-11-19(26-17(3)27)12-16(2)23(15)30-20-9-10-22(28)21(13-20)24(29)25-14-18-7-5-4-6-8-18/h4-13,28H,14H2,1-3H3,(H,25,29)(H,26,27). The predicted molar refractivity (Wildman–Crippen MR) is 116 cm³/mol. The molecule has 0 radical (unpaired) electrons. The van der Waals surface area contributed by atoms with Gasteiger partial charge in [-0.2, -0.15) is 0 Å². The number of hydrogen-bond acceptors (Lipinski definition) is 4. The first kappa shape index (κ1) is 20.9. The minimum Gasteiger partial charge on any atom is -0.507 e. The van der Waals surface area contributed by atoms with E-state index in [9.17, 15) is 14.7 Å². The van der Waals surface area contributed by atoms with E-state index >= 15 is 0 Å². The molecular weight excluding hydrogens is 380 g/mol. The van der Waals surface area contributed by atoms with Crippen LogP contribution in [0.5, 0.6) is 17.2 Å². The third-order valence-electron chi connectivity index (χ3n) is 4.51. The number of anilines is 1. The Morgan fingerprint density at radius 2 is 1.63 bits per heavy atom. The van der Waals surface area contributed by atoms with Gasteiger partial charge in [-0.05, 0) is 60.9 Å². The highest BCUT2D eigenvalue weighted by atomic mass is 16.5. The average molecular weight is 404 g/mol. The Labute approximate surface area is 175 Å². The molecule has 2 amide bonds. The van der Waals surface area contributed by atoms with Crippen molar-refractivity contribution in [1.82, 2.24) is 5.32 Å². The summed E-state index contributed by atoms with van der Waals surface area (Å²) in [6, 6.07) is 17.7. The van der Waals surface area contributed by atoms with Crippen molar-refractivity contribution in [1.29, 1.82) is 0 Å². The molecule has 0 atom stereocenters. The van der Waals surface area contributed by atoms with Gasteiger partial charge < -0.3 is 20.5 Å². The Bertz CT molecular complexity index is 1050. The van der Waals surface area contributed by atoms with Gasteiger partial charge in [0.05, 0.1) is 5.56 Å². The molecule has 6 heteroatoms. The lowest BCUT2D eigenvalue weighted by Crippen LogP contribution is -2.22. The lowest BCUT2D eigenvalue weighted by molar-refractivity contribution is -0.114. The first-order valence-corrected chi connectivity index (χ1v) is 9.55. The highest BCUT2D eigenvalue weighted by Crippen LogP contribution is 2.33. The second kappa shape index (κ2) is 9.13. The molecule has 0 saturated heterocycles. The monoisotopic (exact) mass is 404 g/mol. The molecule has 0 saturated carbocycles. The van der Waals surface area contributed by atoms with E-state index in [-0.39, 0.29) is 17.2 Å². The molecular formula is C24H24N2O4. The minimum absolute atomic E-state index is 0.123. The molecule has 0 aromatic heterocycles. The van der Waals surface area contributed by atoms with Crippen molar-refractivity contribution in [3.63, 3.8) is 0 Å². The number of carbonyl (C=O) groups excluding carboxylic acids is 2. The van der Waals surface area contributed by atoms with Crippen molar-refractivity contribution in [2.45, 2.75) is 27.3 Å². The van der Waals surface area contributed by atoms with Gasteiger partial charge in [-0.25, -0.2) is 0 Å². The zero-order valence-electron chi connectivity index (χ0n) is 17.2. The summed E-state index contributed by atoms with van der Waals surface area (Å²) in [5, 5.41) is 15.7. The smallest absolute Gasteiger partial charge is 0.255 e. The highest BCUT2D eigenvalue weighted by molar-refractivity contribution is 5.97. The highest BCUT2D eigenvalue weighted by Gasteiger charge is 2.14. The van der Waals surface area contributed by atoms with Gasteiger partial charge in [0.2, 0.25) is 5.91 Å². The predicted octanol–water partition coefficient (Wildman–Crippen LogP) is 4.69. The molecule has 0 aliphatic rings. The second-order valence-corrected chi connectivity index (χ2v) is 7.07. The number of aromatic hydroxyl groups is 1. The van der Waals surface area contributed by atoms with E-state index in [0.29, 0.717) is 23.7 Å². The number of hydrogen-bond donors (Lipinski definition) is 3. The molecule has 3 aromatic carbocycles. The van der Waals surface area contributed by atoms with Gasteiger partial charge >= 0.3 is 0 Å². The number of rotatable bonds is 6. The third kappa shape index (κ3) is 5.17. The van der Waals surface area contributed by atoms with Crippen LogP contribution in [0.15, 0.2) is 60.7 Å². The number of phenolic OH excluding ortho intramolecular Hbond substituents is 1. The molecule has 0 bridgehead atoms. The fraction of sp³-hybridized carbons (Fsp3) is 0.167. The van der Waals surface area contributed by atoms with Crippen molar-refractivity contribution in [2.24, 2.45) is 0 Å². The van der Waals surface area contributed by atoms with E-state index in [1.54, 1.807) is 6.07 Å². The van der Waals surface area contributed by atoms with Crippen LogP contribution >= 0.6 is 0 Å². The maximum Gasteiger partial charge on any atom is 0.255 e. The largest absolute Gasteiger partial charge is 0.507 e. The van der Waals surface area contributed by atoms with Gasteiger partial charge in [-0.3, -0.25) is 9.59 Å². The lowest BCUT2D eigenvalue weighted by atomic mass is 10.1. The number of carbonyl (C=O) groups is 2. The van der Waals surface area contributed by atoms with Crippen LogP contribution in [0.4, 0.5) is 5.69 Å². The van der Waals surface area contributed by atoms with Gasteiger partial charge in [-0.1, -0.05) is 30.3 Å². The Morgan fingerprint density at radius 3 is 2.27 bits per heavy atom. The third-order valence-corrected chi connectivity index (χ3v) is 4.51. The Morgan fingerprint density at radius 1 is 0.967 bits per heavy atom. The normalized spacial score (nSPS) is 10.4. The number of nitrogens with one attached hydrogen (secondary N) is 2. The number of benzene rings is 3. The molecule has 0 aliphatic carbocycles. The van der Waals surface area contributed by atoms with Crippen LogP contribution < -0.4 is 15.4 Å². The summed E-state index contributed by atoms with van der Waals surface area (Å²) < 4.78 is 6.00. The summed E-state index contributed by atoms with van der Waals surface area (Å²) in [5.74, 6) is 0.396. The van der Waals surface area contributed by atoms with Crippen molar-refractivity contribution in [2.75, 3.05) is 5.32 Å². The van der Waals surface area contributed by atoms with Crippen molar-refractivity contribution in [3.05, 3.63) is 82.9 Å². The van der Waals surface area contributed by atoms with Gasteiger partial charge in [0.25, 0.3) is 5.91 Å². The number of phenols is 1. The summed E-state index contributed by atoms with van der Waals surface area (Å²) in [4.78, 5) is 23.8. The van der Waals surface area contributed by atoms with Crippen LogP contribution in [-0.4, -0.2) is 16.9 Å². The molecule has 154 valence electrons. The molecule has 0 fully saturated rings. The van der Waals surface area contributed by atoms with Crippen LogP contribution in [0.25, 0.3) is 0 Å². The van der Waals surface area contributed by atoms with E-state index < -0.39 is 5.91 Å². The quantitative estimate of drug-likeness (QED) is 0.556. The van der Waals surface area contributed by atoms with Gasteiger partial charge in [0.15, 0.2) is 0 Å². The zero-order chi connectivity index (χ0) is 21.7. The van der Waals surface area contributed by atoms with Crippen molar-refractivity contribution >= 4 is 17.5 Å². The van der Waals surface area contributed by atoms with Gasteiger partial charge in [-0.15, -0.1) is 0 Å². The van der Waals surface area contributed by atoms with Crippen LogP contribution in [0.1, 0.15) is 34.0 Å². The Balaban J connectivity index is 1.78. The first-order chi connectivity index (χ1) is 14.3. The van der Waals surface area contributed by atoms with Crippen LogP contribution in [0.2, 0.25) is 0 Å². The minimum atomic E-state index is -0.392. The van der Waals surface area contributed by atoms with Gasteiger partial charge in [0, 0.05) is 19.2 Å². The topological polar surface area (TPSA) is 87.7 Å². The molecule has 30 heavy (non-hydrogen) atoms. The van der Waals surface area contributed by atoms with E-state index in [0.717, 1.165) is 16.7 Å². The van der Waals surface area contributed by atoms with E-state index in [2.05, 4.69) is 10.6 Å². The second-order valence-electron chi connectivity index (χ2n) is 7.07. The van der Waals surface area contributed by atoms with Gasteiger partial charge in [0.1, 0.15) is 17.2 Å². The van der Waals surface area contributed by atoms with Crippen LogP contribution in [-0.2, 0) is 11.3 Å².